The van der Waals surface area contributed by atoms with E-state index in [1.807, 2.05) is 0 Å². The van der Waals surface area contributed by atoms with Gasteiger partial charge in [-0.15, -0.1) is 0 Å². The van der Waals surface area contributed by atoms with E-state index in [1.165, 1.54) is 25.1 Å². The fourth-order valence-corrected chi connectivity index (χ4v) is 2.79. The largest absolute Gasteiger partial charge is 0.480 e. The number of ketones is 1. The Balaban J connectivity index is 2.32. The van der Waals surface area contributed by atoms with Crippen molar-refractivity contribution in [2.24, 2.45) is 0 Å². The van der Waals surface area contributed by atoms with Gasteiger partial charge in [-0.3, -0.25) is 14.4 Å². The van der Waals surface area contributed by atoms with Crippen molar-refractivity contribution in [1.82, 2.24) is 4.90 Å². The molecule has 0 saturated heterocycles. The normalized spacial score (nSPS) is 10.4. The Morgan fingerprint density at radius 1 is 1.08 bits per heavy atom. The zero-order chi connectivity index (χ0) is 18.6. The van der Waals surface area contributed by atoms with Gasteiger partial charge in [-0.1, -0.05) is 41.4 Å². The number of carbonyl (C=O) groups excluding carboxylic acids is 2. The lowest BCUT2D eigenvalue weighted by atomic mass is 10.1. The molecule has 0 aliphatic rings. The Kier molecular flexibility index (Phi) is 6.17. The van der Waals surface area contributed by atoms with Crippen LogP contribution in [0.4, 0.5) is 0 Å². The molecule has 0 bridgehead atoms. The zero-order valence-electron chi connectivity index (χ0n) is 13.3. The molecule has 0 heterocycles. The second kappa shape index (κ2) is 8.14. The summed E-state index contributed by atoms with van der Waals surface area (Å²) in [7, 11) is 0. The minimum atomic E-state index is -1.15. The summed E-state index contributed by atoms with van der Waals surface area (Å²) in [5.74, 6) is -1.79. The highest BCUT2D eigenvalue weighted by molar-refractivity contribution is 6.36. The van der Waals surface area contributed by atoms with Crippen molar-refractivity contribution in [3.8, 4) is 0 Å². The van der Waals surface area contributed by atoms with E-state index in [0.717, 1.165) is 4.90 Å². The van der Waals surface area contributed by atoms with E-state index in [4.69, 9.17) is 28.3 Å². The third kappa shape index (κ3) is 5.05. The SMILES string of the molecule is CC(=O)c1cccc(CN(CC(=O)O)C(=O)c2ccc(Cl)cc2Cl)c1. The number of carboxylic acids is 1. The highest BCUT2D eigenvalue weighted by Crippen LogP contribution is 2.23. The molecule has 2 rings (SSSR count). The summed E-state index contributed by atoms with van der Waals surface area (Å²) in [6.07, 6.45) is 0. The number of amides is 1. The number of rotatable bonds is 6. The molecule has 0 spiro atoms. The van der Waals surface area contributed by atoms with Crippen molar-refractivity contribution in [3.63, 3.8) is 0 Å². The van der Waals surface area contributed by atoms with Gasteiger partial charge in [-0.2, -0.15) is 0 Å². The Bertz CT molecular complexity index is 836. The number of aliphatic carboxylic acids is 1. The topological polar surface area (TPSA) is 74.7 Å². The fourth-order valence-electron chi connectivity index (χ4n) is 2.31. The van der Waals surface area contributed by atoms with Crippen LogP contribution in [0.25, 0.3) is 0 Å². The van der Waals surface area contributed by atoms with Gasteiger partial charge in [-0.05, 0) is 36.8 Å². The number of hydrogen-bond acceptors (Lipinski definition) is 3. The molecule has 130 valence electrons. The van der Waals surface area contributed by atoms with Crippen LogP contribution < -0.4 is 0 Å². The number of nitrogens with zero attached hydrogens (tertiary/aromatic N) is 1. The molecule has 0 aliphatic carbocycles. The number of carbonyl (C=O) groups is 3. The van der Waals surface area contributed by atoms with Crippen LogP contribution in [0.5, 0.6) is 0 Å². The first-order valence-electron chi connectivity index (χ1n) is 7.34. The van der Waals surface area contributed by atoms with Crippen molar-refractivity contribution >= 4 is 40.9 Å². The molecule has 7 heteroatoms. The minimum absolute atomic E-state index is 0.0329. The van der Waals surface area contributed by atoms with Gasteiger partial charge in [-0.25, -0.2) is 0 Å². The lowest BCUT2D eigenvalue weighted by Crippen LogP contribution is -2.35. The van der Waals surface area contributed by atoms with Gasteiger partial charge >= 0.3 is 5.97 Å². The maximum atomic E-state index is 12.7. The van der Waals surface area contributed by atoms with E-state index >= 15 is 0 Å². The summed E-state index contributed by atoms with van der Waals surface area (Å²) in [4.78, 5) is 36.5. The van der Waals surface area contributed by atoms with E-state index < -0.39 is 18.4 Å². The molecule has 0 aliphatic heterocycles. The highest BCUT2D eigenvalue weighted by atomic mass is 35.5. The molecule has 2 aromatic rings. The average molecular weight is 380 g/mol. The molecule has 0 fully saturated rings. The molecule has 0 atom stereocenters. The van der Waals surface area contributed by atoms with Gasteiger partial charge < -0.3 is 10.0 Å². The summed E-state index contributed by atoms with van der Waals surface area (Å²) in [5, 5.41) is 9.63. The van der Waals surface area contributed by atoms with Gasteiger partial charge in [0.05, 0.1) is 10.6 Å². The lowest BCUT2D eigenvalue weighted by Gasteiger charge is -2.22. The maximum absolute atomic E-state index is 12.7. The lowest BCUT2D eigenvalue weighted by molar-refractivity contribution is -0.137. The Hall–Kier alpha value is -2.37. The summed E-state index contributed by atoms with van der Waals surface area (Å²) in [5.41, 5.74) is 1.30. The Morgan fingerprint density at radius 2 is 1.80 bits per heavy atom. The molecular formula is C18H15Cl2NO4. The molecule has 0 saturated carbocycles. The molecule has 5 nitrogen and oxygen atoms in total. The molecular weight excluding hydrogens is 365 g/mol. The number of carboxylic acid groups (broad SMARTS) is 1. The zero-order valence-corrected chi connectivity index (χ0v) is 14.8. The van der Waals surface area contributed by atoms with E-state index in [9.17, 15) is 14.4 Å². The van der Waals surface area contributed by atoms with E-state index in [1.54, 1.807) is 24.3 Å². The van der Waals surface area contributed by atoms with E-state index in [0.29, 0.717) is 16.1 Å². The summed E-state index contributed by atoms with van der Waals surface area (Å²) < 4.78 is 0. The Morgan fingerprint density at radius 3 is 2.40 bits per heavy atom. The predicted molar refractivity (Wildman–Crippen MR) is 95.3 cm³/mol. The quantitative estimate of drug-likeness (QED) is 0.771. The number of halogens is 2. The van der Waals surface area contributed by atoms with Crippen LogP contribution in [0.1, 0.15) is 33.2 Å². The van der Waals surface area contributed by atoms with Crippen molar-refractivity contribution in [2.45, 2.75) is 13.5 Å². The van der Waals surface area contributed by atoms with Crippen LogP contribution in [-0.4, -0.2) is 34.2 Å². The van der Waals surface area contributed by atoms with E-state index in [-0.39, 0.29) is 22.9 Å². The first kappa shape index (κ1) is 19.0. The molecule has 1 amide bonds. The molecule has 1 N–H and O–H groups in total. The Labute approximate surface area is 154 Å². The fraction of sp³-hybridized carbons (Fsp3) is 0.167. The third-order valence-corrected chi connectivity index (χ3v) is 4.03. The highest BCUT2D eigenvalue weighted by Gasteiger charge is 2.21. The van der Waals surface area contributed by atoms with Crippen molar-refractivity contribution in [1.29, 1.82) is 0 Å². The first-order valence-corrected chi connectivity index (χ1v) is 8.09. The van der Waals surface area contributed by atoms with Crippen LogP contribution >= 0.6 is 23.2 Å². The van der Waals surface area contributed by atoms with Gasteiger partial charge in [0.2, 0.25) is 0 Å². The number of benzene rings is 2. The van der Waals surface area contributed by atoms with Gasteiger partial charge in [0.15, 0.2) is 5.78 Å². The van der Waals surface area contributed by atoms with Crippen LogP contribution in [0, 0.1) is 0 Å². The number of hydrogen-bond donors (Lipinski definition) is 1. The van der Waals surface area contributed by atoms with Gasteiger partial charge in [0, 0.05) is 17.1 Å². The van der Waals surface area contributed by atoms with Gasteiger partial charge in [0.25, 0.3) is 5.91 Å². The second-order valence-electron chi connectivity index (χ2n) is 5.44. The summed E-state index contributed by atoms with van der Waals surface area (Å²) in [6, 6.07) is 11.1. The van der Waals surface area contributed by atoms with Crippen molar-refractivity contribution in [2.75, 3.05) is 6.54 Å². The predicted octanol–water partition coefficient (Wildman–Crippen LogP) is 3.92. The van der Waals surface area contributed by atoms with Crippen molar-refractivity contribution in [3.05, 3.63) is 69.2 Å². The molecule has 0 aromatic heterocycles. The number of Topliss-reactive ketones (excluding diaryl/α,β-unsaturated/α-hetero) is 1. The van der Waals surface area contributed by atoms with Crippen LogP contribution in [-0.2, 0) is 11.3 Å². The molecule has 0 radical (unpaired) electrons. The van der Waals surface area contributed by atoms with Crippen LogP contribution in [0.2, 0.25) is 10.0 Å². The standard InChI is InChI=1S/C18H15Cl2NO4/c1-11(22)13-4-2-3-12(7-13)9-21(10-17(23)24)18(25)15-6-5-14(19)8-16(15)20/h2-8H,9-10H2,1H3,(H,23,24). The maximum Gasteiger partial charge on any atom is 0.323 e. The molecule has 2 aromatic carbocycles. The van der Waals surface area contributed by atoms with Crippen LogP contribution in [0.3, 0.4) is 0 Å². The summed E-state index contributed by atoms with van der Waals surface area (Å²) in [6.45, 7) is 0.972. The molecule has 0 unspecified atom stereocenters. The smallest absolute Gasteiger partial charge is 0.323 e. The minimum Gasteiger partial charge on any atom is -0.480 e. The van der Waals surface area contributed by atoms with E-state index in [2.05, 4.69) is 0 Å². The monoisotopic (exact) mass is 379 g/mol. The van der Waals surface area contributed by atoms with Crippen LogP contribution in [0.15, 0.2) is 42.5 Å². The first-order chi connectivity index (χ1) is 11.8. The van der Waals surface area contributed by atoms with Gasteiger partial charge in [0.1, 0.15) is 6.54 Å². The van der Waals surface area contributed by atoms with Crippen molar-refractivity contribution < 1.29 is 19.5 Å². The summed E-state index contributed by atoms with van der Waals surface area (Å²) >= 11 is 11.9. The average Bonchev–Trinajstić information content (AvgIpc) is 2.53. The third-order valence-electron chi connectivity index (χ3n) is 3.48. The second-order valence-corrected chi connectivity index (χ2v) is 6.28. The molecule has 25 heavy (non-hydrogen) atoms.